The molecule has 1 amide bonds. The summed E-state index contributed by atoms with van der Waals surface area (Å²) in [6.07, 6.45) is 1.63. The number of halogens is 1. The Bertz CT molecular complexity index is 1160. The second-order valence-electron chi connectivity index (χ2n) is 8.08. The summed E-state index contributed by atoms with van der Waals surface area (Å²) in [4.78, 5) is 31.4. The standard InChI is InChI=1S/C24H25ClN4O4/c1-15-6-3-4-8-18(15)22-27-21(33-28-22)14-29-11-5-7-17(13-29)23(30)26-20-12-16(24(31)32-2)9-10-19(20)25/h3-4,6,8-10,12,17H,5,7,11,13-14H2,1-2H3,(H,26,30). The van der Waals surface area contributed by atoms with Gasteiger partial charge >= 0.3 is 5.97 Å². The van der Waals surface area contributed by atoms with Gasteiger partial charge in [0.05, 0.1) is 35.8 Å². The average molecular weight is 469 g/mol. The Labute approximate surface area is 196 Å². The molecule has 9 heteroatoms. The highest BCUT2D eigenvalue weighted by atomic mass is 35.5. The second-order valence-corrected chi connectivity index (χ2v) is 8.48. The van der Waals surface area contributed by atoms with E-state index < -0.39 is 5.97 Å². The van der Waals surface area contributed by atoms with Crippen molar-refractivity contribution in [2.75, 3.05) is 25.5 Å². The Kier molecular flexibility index (Phi) is 7.05. The fraction of sp³-hybridized carbons (Fsp3) is 0.333. The molecule has 1 aliphatic heterocycles. The van der Waals surface area contributed by atoms with Crippen LogP contribution in [0.2, 0.25) is 5.02 Å². The fourth-order valence-corrected chi connectivity index (χ4v) is 4.12. The number of nitrogens with one attached hydrogen (secondary N) is 1. The molecule has 3 aromatic rings. The summed E-state index contributed by atoms with van der Waals surface area (Å²) >= 11 is 6.22. The minimum Gasteiger partial charge on any atom is -0.465 e. The number of benzene rings is 2. The summed E-state index contributed by atoms with van der Waals surface area (Å²) < 4.78 is 10.2. The van der Waals surface area contributed by atoms with Crippen LogP contribution in [0.15, 0.2) is 47.0 Å². The van der Waals surface area contributed by atoms with E-state index in [0.717, 1.165) is 30.5 Å². The highest BCUT2D eigenvalue weighted by Crippen LogP contribution is 2.26. The van der Waals surface area contributed by atoms with Crippen molar-refractivity contribution in [1.29, 1.82) is 0 Å². The normalized spacial score (nSPS) is 16.4. The first-order chi connectivity index (χ1) is 15.9. The highest BCUT2D eigenvalue weighted by molar-refractivity contribution is 6.33. The molecule has 4 rings (SSSR count). The molecule has 0 radical (unpaired) electrons. The van der Waals surface area contributed by atoms with E-state index in [-0.39, 0.29) is 11.8 Å². The summed E-state index contributed by atoms with van der Waals surface area (Å²) in [5.41, 5.74) is 2.73. The molecular formula is C24H25ClN4O4. The number of hydrogen-bond acceptors (Lipinski definition) is 7. The van der Waals surface area contributed by atoms with Gasteiger partial charge in [-0.1, -0.05) is 41.0 Å². The van der Waals surface area contributed by atoms with Gasteiger partial charge in [0.1, 0.15) is 0 Å². The van der Waals surface area contributed by atoms with Gasteiger partial charge in [0.25, 0.3) is 0 Å². The molecule has 1 aromatic heterocycles. The molecule has 0 spiro atoms. The lowest BCUT2D eigenvalue weighted by Gasteiger charge is -2.31. The number of hydrogen-bond donors (Lipinski definition) is 1. The van der Waals surface area contributed by atoms with Crippen molar-refractivity contribution in [3.8, 4) is 11.4 Å². The summed E-state index contributed by atoms with van der Waals surface area (Å²) in [5.74, 6) is 0.221. The minimum atomic E-state index is -0.490. The summed E-state index contributed by atoms with van der Waals surface area (Å²) in [5, 5.41) is 7.34. The lowest BCUT2D eigenvalue weighted by atomic mass is 9.97. The van der Waals surface area contributed by atoms with E-state index in [1.807, 2.05) is 31.2 Å². The number of carbonyl (C=O) groups excluding carboxylic acids is 2. The maximum absolute atomic E-state index is 12.9. The number of nitrogens with zero attached hydrogens (tertiary/aromatic N) is 3. The van der Waals surface area contributed by atoms with Gasteiger partial charge in [0, 0.05) is 12.1 Å². The van der Waals surface area contributed by atoms with Gasteiger partial charge in [-0.3, -0.25) is 9.69 Å². The molecule has 2 heterocycles. The van der Waals surface area contributed by atoms with Crippen LogP contribution in [0.5, 0.6) is 0 Å². The van der Waals surface area contributed by atoms with Gasteiger partial charge in [-0.2, -0.15) is 4.98 Å². The van der Waals surface area contributed by atoms with Crippen LogP contribution in [-0.4, -0.2) is 47.1 Å². The molecule has 1 atom stereocenters. The van der Waals surface area contributed by atoms with Gasteiger partial charge in [-0.05, 0) is 50.1 Å². The SMILES string of the molecule is COC(=O)c1ccc(Cl)c(NC(=O)C2CCCN(Cc3nc(-c4ccccc4C)no3)C2)c1. The van der Waals surface area contributed by atoms with Crippen molar-refractivity contribution in [2.45, 2.75) is 26.3 Å². The summed E-state index contributed by atoms with van der Waals surface area (Å²) in [6, 6.07) is 12.5. The number of ether oxygens (including phenoxy) is 1. The van der Waals surface area contributed by atoms with Crippen molar-refractivity contribution < 1.29 is 18.8 Å². The monoisotopic (exact) mass is 468 g/mol. The van der Waals surface area contributed by atoms with E-state index in [2.05, 4.69) is 20.4 Å². The molecule has 1 N–H and O–H groups in total. The van der Waals surface area contributed by atoms with Crippen LogP contribution in [0.3, 0.4) is 0 Å². The predicted octanol–water partition coefficient (Wildman–Crippen LogP) is 4.34. The maximum Gasteiger partial charge on any atom is 0.337 e. The zero-order valence-corrected chi connectivity index (χ0v) is 19.3. The molecule has 0 bridgehead atoms. The first-order valence-electron chi connectivity index (χ1n) is 10.7. The quantitative estimate of drug-likeness (QED) is 0.537. The first-order valence-corrected chi connectivity index (χ1v) is 11.1. The third kappa shape index (κ3) is 5.40. The number of aryl methyl sites for hydroxylation is 1. The molecule has 172 valence electrons. The van der Waals surface area contributed by atoms with Gasteiger partial charge in [-0.15, -0.1) is 0 Å². The van der Waals surface area contributed by atoms with E-state index in [4.69, 9.17) is 20.9 Å². The van der Waals surface area contributed by atoms with E-state index in [0.29, 0.717) is 41.1 Å². The number of amides is 1. The molecule has 1 aliphatic rings. The van der Waals surface area contributed by atoms with Crippen molar-refractivity contribution in [3.63, 3.8) is 0 Å². The number of piperidine rings is 1. The Morgan fingerprint density at radius 2 is 2.09 bits per heavy atom. The Morgan fingerprint density at radius 1 is 1.27 bits per heavy atom. The average Bonchev–Trinajstić information content (AvgIpc) is 3.28. The van der Waals surface area contributed by atoms with Crippen molar-refractivity contribution in [3.05, 3.63) is 64.5 Å². The third-order valence-electron chi connectivity index (χ3n) is 5.73. The van der Waals surface area contributed by atoms with Crippen molar-refractivity contribution in [1.82, 2.24) is 15.0 Å². The Morgan fingerprint density at radius 3 is 2.88 bits per heavy atom. The van der Waals surface area contributed by atoms with Gasteiger partial charge in [0.15, 0.2) is 0 Å². The minimum absolute atomic E-state index is 0.144. The Hall–Kier alpha value is -3.23. The van der Waals surface area contributed by atoms with Crippen LogP contribution in [0.4, 0.5) is 5.69 Å². The van der Waals surface area contributed by atoms with Crippen LogP contribution in [0, 0.1) is 12.8 Å². The highest BCUT2D eigenvalue weighted by Gasteiger charge is 2.27. The molecule has 0 saturated carbocycles. The van der Waals surface area contributed by atoms with Crippen LogP contribution < -0.4 is 5.32 Å². The van der Waals surface area contributed by atoms with Crippen LogP contribution >= 0.6 is 11.6 Å². The molecule has 33 heavy (non-hydrogen) atoms. The van der Waals surface area contributed by atoms with Crippen molar-refractivity contribution >= 4 is 29.2 Å². The smallest absolute Gasteiger partial charge is 0.337 e. The zero-order chi connectivity index (χ0) is 23.4. The van der Waals surface area contributed by atoms with Gasteiger partial charge < -0.3 is 14.6 Å². The zero-order valence-electron chi connectivity index (χ0n) is 18.5. The number of likely N-dealkylation sites (tertiary alicyclic amines) is 1. The van der Waals surface area contributed by atoms with Crippen LogP contribution in [0.25, 0.3) is 11.4 Å². The number of rotatable bonds is 6. The first kappa shape index (κ1) is 22.9. The molecule has 1 fully saturated rings. The maximum atomic E-state index is 12.9. The summed E-state index contributed by atoms with van der Waals surface area (Å²) in [6.45, 7) is 3.88. The van der Waals surface area contributed by atoms with E-state index >= 15 is 0 Å². The van der Waals surface area contributed by atoms with Crippen LogP contribution in [-0.2, 0) is 16.1 Å². The molecule has 0 aliphatic carbocycles. The molecule has 2 aromatic carbocycles. The topological polar surface area (TPSA) is 97.6 Å². The van der Waals surface area contributed by atoms with Crippen LogP contribution in [0.1, 0.15) is 34.7 Å². The number of methoxy groups -OCH3 is 1. The van der Waals surface area contributed by atoms with Gasteiger partial charge in [0.2, 0.25) is 17.6 Å². The third-order valence-corrected chi connectivity index (χ3v) is 6.06. The predicted molar refractivity (Wildman–Crippen MR) is 124 cm³/mol. The van der Waals surface area contributed by atoms with Crippen molar-refractivity contribution in [2.24, 2.45) is 5.92 Å². The summed E-state index contributed by atoms with van der Waals surface area (Å²) in [7, 11) is 1.30. The van der Waals surface area contributed by atoms with E-state index in [9.17, 15) is 9.59 Å². The Balaban J connectivity index is 1.39. The molecule has 8 nitrogen and oxygen atoms in total. The number of aromatic nitrogens is 2. The lowest BCUT2D eigenvalue weighted by molar-refractivity contribution is -0.121. The largest absolute Gasteiger partial charge is 0.465 e. The number of esters is 1. The molecular weight excluding hydrogens is 444 g/mol. The lowest BCUT2D eigenvalue weighted by Crippen LogP contribution is -2.40. The number of anilines is 1. The van der Waals surface area contributed by atoms with Gasteiger partial charge in [-0.25, -0.2) is 4.79 Å². The molecule has 1 saturated heterocycles. The second kappa shape index (κ2) is 10.1. The van der Waals surface area contributed by atoms with E-state index in [1.165, 1.54) is 13.2 Å². The molecule has 1 unspecified atom stereocenters. The van der Waals surface area contributed by atoms with E-state index in [1.54, 1.807) is 12.1 Å². The number of carbonyl (C=O) groups is 2. The fourth-order valence-electron chi connectivity index (χ4n) is 3.96.